The maximum atomic E-state index is 12.5. The molecule has 0 radical (unpaired) electrons. The first kappa shape index (κ1) is 22.2. The molecule has 0 bridgehead atoms. The Morgan fingerprint density at radius 3 is 2.17 bits per heavy atom. The van der Waals surface area contributed by atoms with Crippen LogP contribution in [-0.4, -0.2) is 37.2 Å². The van der Waals surface area contributed by atoms with Crippen LogP contribution in [0.5, 0.6) is 0 Å². The summed E-state index contributed by atoms with van der Waals surface area (Å²) < 4.78 is 26.2. The topological polar surface area (TPSA) is 74.7 Å². The van der Waals surface area contributed by atoms with Crippen LogP contribution in [0.25, 0.3) is 10.8 Å². The Bertz CT molecular complexity index is 1120. The van der Waals surface area contributed by atoms with Gasteiger partial charge in [-0.1, -0.05) is 60.5 Å². The largest absolute Gasteiger partial charge is 0.462 e. The second-order valence-corrected chi connectivity index (χ2v) is 8.28. The number of nitrogens with zero attached hydrogens (tertiary/aromatic N) is 1. The maximum absolute atomic E-state index is 12.5. The number of hydrogen-bond donors (Lipinski definition) is 1. The second-order valence-electron chi connectivity index (χ2n) is 6.24. The zero-order chi connectivity index (χ0) is 21.3. The van der Waals surface area contributed by atoms with E-state index in [-0.39, 0.29) is 23.6 Å². The highest BCUT2D eigenvalue weighted by molar-refractivity contribution is 7.89. The fourth-order valence-corrected chi connectivity index (χ4v) is 3.85. The van der Waals surface area contributed by atoms with Crippen LogP contribution in [0.1, 0.15) is 23.7 Å². The Kier molecular flexibility index (Phi) is 7.96. The van der Waals surface area contributed by atoms with Crippen LogP contribution in [0.15, 0.2) is 77.7 Å². The van der Waals surface area contributed by atoms with Crippen molar-refractivity contribution in [2.45, 2.75) is 18.2 Å². The number of ketones is 1. The maximum Gasteiger partial charge on any atom is 0.242 e. The number of hydrogen-bond acceptors (Lipinski definition) is 4. The Balaban J connectivity index is 0.000000687. The minimum atomic E-state index is -3.57. The van der Waals surface area contributed by atoms with Gasteiger partial charge in [-0.05, 0) is 29.0 Å². The van der Waals surface area contributed by atoms with E-state index in [1.807, 2.05) is 36.4 Å². The molecule has 3 aromatic rings. The number of aliphatic hydroxyl groups excluding tert-OH is 1. The first-order chi connectivity index (χ1) is 13.9. The van der Waals surface area contributed by atoms with E-state index < -0.39 is 10.0 Å². The van der Waals surface area contributed by atoms with Crippen LogP contribution < -0.4 is 0 Å². The summed E-state index contributed by atoms with van der Waals surface area (Å²) >= 11 is 0. The molecular formula is C23H23NO4S. The summed E-state index contributed by atoms with van der Waals surface area (Å²) in [5.41, 5.74) is 0.601. The molecule has 3 aromatic carbocycles. The van der Waals surface area contributed by atoms with Crippen LogP contribution in [-0.2, 0) is 10.0 Å². The molecule has 29 heavy (non-hydrogen) atoms. The first-order valence-electron chi connectivity index (χ1n) is 8.99. The summed E-state index contributed by atoms with van der Waals surface area (Å²) in [6.45, 7) is 1.71. The van der Waals surface area contributed by atoms with Crippen molar-refractivity contribution in [1.29, 1.82) is 0 Å². The summed E-state index contributed by atoms with van der Waals surface area (Å²) in [6, 6.07) is 21.6. The lowest BCUT2D eigenvalue weighted by atomic mass is 10.0. The van der Waals surface area contributed by atoms with E-state index in [4.69, 9.17) is 5.11 Å². The Morgan fingerprint density at radius 2 is 1.55 bits per heavy atom. The van der Waals surface area contributed by atoms with Gasteiger partial charge < -0.3 is 5.11 Å². The molecule has 0 amide bonds. The fourth-order valence-electron chi connectivity index (χ4n) is 2.66. The predicted octanol–water partition coefficient (Wildman–Crippen LogP) is 4.07. The molecule has 0 saturated heterocycles. The minimum Gasteiger partial charge on any atom is -0.462 e. The molecule has 0 atom stereocenters. The lowest BCUT2D eigenvalue weighted by molar-refractivity contribution is 0.0978. The molecule has 0 fully saturated rings. The van der Waals surface area contributed by atoms with Crippen molar-refractivity contribution in [3.05, 3.63) is 78.4 Å². The average molecular weight is 410 g/mol. The molecule has 0 heterocycles. The predicted molar refractivity (Wildman–Crippen MR) is 115 cm³/mol. The lowest BCUT2D eigenvalue weighted by Gasteiger charge is -2.16. The van der Waals surface area contributed by atoms with Gasteiger partial charge in [-0.15, -0.1) is 0 Å². The monoisotopic (exact) mass is 409 g/mol. The van der Waals surface area contributed by atoms with Crippen molar-refractivity contribution in [3.8, 4) is 12.0 Å². The van der Waals surface area contributed by atoms with Crippen molar-refractivity contribution in [2.75, 3.05) is 13.6 Å². The molecular weight excluding hydrogens is 386 g/mol. The zero-order valence-corrected chi connectivity index (χ0v) is 17.2. The van der Waals surface area contributed by atoms with E-state index in [0.717, 1.165) is 10.8 Å². The zero-order valence-electron chi connectivity index (χ0n) is 16.4. The summed E-state index contributed by atoms with van der Waals surface area (Å²) in [5.74, 6) is 2.17. The number of fused-ring (bicyclic) bond motifs is 1. The van der Waals surface area contributed by atoms with Gasteiger partial charge in [0.25, 0.3) is 0 Å². The molecule has 6 heteroatoms. The van der Waals surface area contributed by atoms with Gasteiger partial charge in [-0.3, -0.25) is 4.79 Å². The highest BCUT2D eigenvalue weighted by atomic mass is 32.2. The fraction of sp³-hybridized carbons (Fsp3) is 0.174. The van der Waals surface area contributed by atoms with Crippen LogP contribution in [0.4, 0.5) is 0 Å². The van der Waals surface area contributed by atoms with E-state index in [2.05, 4.69) is 5.92 Å². The summed E-state index contributed by atoms with van der Waals surface area (Å²) in [7, 11) is -2.07. The Morgan fingerprint density at radius 1 is 0.966 bits per heavy atom. The van der Waals surface area contributed by atoms with E-state index in [1.54, 1.807) is 49.4 Å². The molecule has 1 N–H and O–H groups in total. The van der Waals surface area contributed by atoms with Gasteiger partial charge in [0.15, 0.2) is 5.78 Å². The van der Waals surface area contributed by atoms with E-state index in [9.17, 15) is 13.2 Å². The number of carbonyl (C=O) groups excluding carboxylic acids is 1. The molecule has 3 rings (SSSR count). The number of rotatable bonds is 6. The van der Waals surface area contributed by atoms with Crippen LogP contribution in [0, 0.1) is 12.0 Å². The number of carbonyl (C=O) groups is 1. The number of sulfonamides is 1. The second kappa shape index (κ2) is 10.4. The van der Waals surface area contributed by atoms with Crippen molar-refractivity contribution >= 4 is 26.6 Å². The van der Waals surface area contributed by atoms with E-state index in [1.165, 1.54) is 11.4 Å². The number of Topliss-reactive ketones (excluding diaryl/α,β-unsaturated/α-hetero) is 1. The highest BCUT2D eigenvalue weighted by Gasteiger charge is 2.21. The Hall–Kier alpha value is -3.14. The van der Waals surface area contributed by atoms with E-state index >= 15 is 0 Å². The van der Waals surface area contributed by atoms with Crippen LogP contribution in [0.3, 0.4) is 0 Å². The van der Waals surface area contributed by atoms with Gasteiger partial charge in [0.1, 0.15) is 6.11 Å². The van der Waals surface area contributed by atoms with Gasteiger partial charge >= 0.3 is 0 Å². The molecule has 150 valence electrons. The summed E-state index contributed by atoms with van der Waals surface area (Å²) in [5, 5.41) is 9.58. The van der Waals surface area contributed by atoms with Gasteiger partial charge in [0.05, 0.1) is 4.90 Å². The standard InChI is InChI=1S/C20H19NO3S.C3H4O/c1-21(25(23,24)19-9-3-2-4-10-19)14-13-20(22)18-12-11-16-7-5-6-8-17(16)15-18;1-2-3-4/h2-12,15H,13-14H2,1H3;4H,1H3. The summed E-state index contributed by atoms with van der Waals surface area (Å²) in [6.07, 6.45) is 1.82. The van der Waals surface area contributed by atoms with Gasteiger partial charge in [0, 0.05) is 32.5 Å². The van der Waals surface area contributed by atoms with Crippen LogP contribution in [0.2, 0.25) is 0 Å². The third-order valence-electron chi connectivity index (χ3n) is 4.29. The molecule has 0 spiro atoms. The third-order valence-corrected chi connectivity index (χ3v) is 6.16. The molecule has 0 aliphatic heterocycles. The van der Waals surface area contributed by atoms with Crippen molar-refractivity contribution in [3.63, 3.8) is 0 Å². The normalized spacial score (nSPS) is 10.6. The molecule has 0 aromatic heterocycles. The van der Waals surface area contributed by atoms with Gasteiger partial charge in [-0.2, -0.15) is 0 Å². The molecule has 0 unspecified atom stereocenters. The molecule has 5 nitrogen and oxygen atoms in total. The van der Waals surface area contributed by atoms with Gasteiger partial charge in [-0.25, -0.2) is 12.7 Å². The molecule has 0 aliphatic rings. The number of benzene rings is 3. The summed E-state index contributed by atoms with van der Waals surface area (Å²) in [4.78, 5) is 12.7. The van der Waals surface area contributed by atoms with E-state index in [0.29, 0.717) is 5.56 Å². The quantitative estimate of drug-likeness (QED) is 0.492. The van der Waals surface area contributed by atoms with Gasteiger partial charge in [0.2, 0.25) is 10.0 Å². The van der Waals surface area contributed by atoms with Crippen LogP contribution >= 0.6 is 0 Å². The van der Waals surface area contributed by atoms with Crippen molar-refractivity contribution in [2.24, 2.45) is 0 Å². The molecule has 0 aliphatic carbocycles. The minimum absolute atomic E-state index is 0.0686. The molecule has 0 saturated carbocycles. The SMILES string of the molecule is CC#CO.CN(CCC(=O)c1ccc2ccccc2c1)S(=O)(=O)c1ccccc1. The third kappa shape index (κ3) is 5.92. The average Bonchev–Trinajstić information content (AvgIpc) is 2.77. The smallest absolute Gasteiger partial charge is 0.242 e. The highest BCUT2D eigenvalue weighted by Crippen LogP contribution is 2.18. The first-order valence-corrected chi connectivity index (χ1v) is 10.4. The Labute approximate surface area is 171 Å². The van der Waals surface area contributed by atoms with Crippen molar-refractivity contribution in [1.82, 2.24) is 4.31 Å². The number of aliphatic hydroxyl groups is 1. The van der Waals surface area contributed by atoms with Crippen molar-refractivity contribution < 1.29 is 18.3 Å². The lowest BCUT2D eigenvalue weighted by Crippen LogP contribution is -2.29.